The zero-order chi connectivity index (χ0) is 16.4. The van der Waals surface area contributed by atoms with Crippen LogP contribution in [0.5, 0.6) is 0 Å². The first-order valence-electron chi connectivity index (χ1n) is 7.29. The molecule has 3 aromatic heterocycles. The highest BCUT2D eigenvalue weighted by Crippen LogP contribution is 2.20. The molecule has 3 rings (SSSR count). The summed E-state index contributed by atoms with van der Waals surface area (Å²) in [6, 6.07) is 5.51. The molecular weight excluding hydrogens is 290 g/mol. The van der Waals surface area contributed by atoms with Crippen molar-refractivity contribution in [1.82, 2.24) is 19.5 Å². The van der Waals surface area contributed by atoms with Crippen molar-refractivity contribution in [2.24, 2.45) is 0 Å². The van der Waals surface area contributed by atoms with E-state index in [-0.39, 0.29) is 0 Å². The van der Waals surface area contributed by atoms with Gasteiger partial charge in [-0.2, -0.15) is 0 Å². The van der Waals surface area contributed by atoms with Crippen LogP contribution >= 0.6 is 0 Å². The van der Waals surface area contributed by atoms with Crippen molar-refractivity contribution in [3.63, 3.8) is 0 Å². The second-order valence-electron chi connectivity index (χ2n) is 5.49. The quantitative estimate of drug-likeness (QED) is 0.706. The summed E-state index contributed by atoms with van der Waals surface area (Å²) >= 11 is 0. The fourth-order valence-corrected chi connectivity index (χ4v) is 2.08. The summed E-state index contributed by atoms with van der Waals surface area (Å²) in [5.74, 6) is 6.85. The van der Waals surface area contributed by atoms with Gasteiger partial charge in [0.1, 0.15) is 29.3 Å². The van der Waals surface area contributed by atoms with Crippen LogP contribution in [0.3, 0.4) is 0 Å². The van der Waals surface area contributed by atoms with E-state index in [4.69, 9.17) is 5.73 Å². The van der Waals surface area contributed by atoms with Crippen molar-refractivity contribution in [1.29, 1.82) is 0 Å². The SMILES string of the molecule is CC[C@](C)(O)C#Cc1cc2c(ccn2-c2cc(N)ncn2)cn1. The van der Waals surface area contributed by atoms with E-state index in [1.54, 1.807) is 19.2 Å². The number of hydrogen-bond donors (Lipinski definition) is 2. The summed E-state index contributed by atoms with van der Waals surface area (Å²) in [5, 5.41) is 11.0. The fourth-order valence-electron chi connectivity index (χ4n) is 2.08. The fraction of sp³-hybridized carbons (Fsp3) is 0.235. The van der Waals surface area contributed by atoms with Crippen LogP contribution in [-0.2, 0) is 0 Å². The minimum absolute atomic E-state index is 0.407. The van der Waals surface area contributed by atoms with E-state index in [1.165, 1.54) is 6.33 Å². The highest BCUT2D eigenvalue weighted by molar-refractivity contribution is 5.81. The third-order valence-corrected chi connectivity index (χ3v) is 3.64. The van der Waals surface area contributed by atoms with E-state index < -0.39 is 5.60 Å². The van der Waals surface area contributed by atoms with E-state index in [2.05, 4.69) is 26.8 Å². The smallest absolute Gasteiger partial charge is 0.142 e. The van der Waals surface area contributed by atoms with Crippen LogP contribution in [0.1, 0.15) is 26.0 Å². The Balaban J connectivity index is 2.07. The van der Waals surface area contributed by atoms with Crippen LogP contribution in [0.4, 0.5) is 5.82 Å². The van der Waals surface area contributed by atoms with Gasteiger partial charge in [-0.05, 0) is 31.4 Å². The predicted octanol–water partition coefficient (Wildman–Crippen LogP) is 1.91. The lowest BCUT2D eigenvalue weighted by atomic mass is 10.0. The molecule has 0 aliphatic rings. The minimum Gasteiger partial charge on any atom is -0.384 e. The molecule has 0 aliphatic carbocycles. The molecule has 0 radical (unpaired) electrons. The number of nitrogens with zero attached hydrogens (tertiary/aromatic N) is 4. The van der Waals surface area contributed by atoms with Crippen molar-refractivity contribution in [2.45, 2.75) is 25.9 Å². The van der Waals surface area contributed by atoms with Crippen molar-refractivity contribution in [3.05, 3.63) is 42.6 Å². The van der Waals surface area contributed by atoms with Crippen molar-refractivity contribution < 1.29 is 5.11 Å². The lowest BCUT2D eigenvalue weighted by Crippen LogP contribution is -2.19. The first-order chi connectivity index (χ1) is 11.0. The Bertz CT molecular complexity index is 917. The van der Waals surface area contributed by atoms with E-state index in [9.17, 15) is 5.11 Å². The minimum atomic E-state index is -1.01. The zero-order valence-corrected chi connectivity index (χ0v) is 13.0. The molecular formula is C17H17N5O. The van der Waals surface area contributed by atoms with Crippen molar-refractivity contribution >= 4 is 16.7 Å². The number of rotatable bonds is 2. The molecule has 0 bridgehead atoms. The van der Waals surface area contributed by atoms with Crippen LogP contribution in [0.15, 0.2) is 36.9 Å². The van der Waals surface area contributed by atoms with Gasteiger partial charge in [-0.25, -0.2) is 15.0 Å². The number of hydrogen-bond acceptors (Lipinski definition) is 5. The average Bonchev–Trinajstić information content (AvgIpc) is 2.96. The molecule has 3 heterocycles. The number of nitrogens with two attached hydrogens (primary N) is 1. The van der Waals surface area contributed by atoms with Crippen LogP contribution in [-0.4, -0.2) is 30.2 Å². The molecule has 0 amide bonds. The normalized spacial score (nSPS) is 13.3. The largest absolute Gasteiger partial charge is 0.384 e. The number of aromatic nitrogens is 4. The van der Waals surface area contributed by atoms with Gasteiger partial charge in [-0.3, -0.25) is 0 Å². The van der Waals surface area contributed by atoms with Gasteiger partial charge in [0, 0.05) is 23.8 Å². The molecule has 6 heteroatoms. The summed E-state index contributed by atoms with van der Waals surface area (Å²) in [7, 11) is 0. The highest BCUT2D eigenvalue weighted by Gasteiger charge is 2.12. The molecule has 0 aliphatic heterocycles. The maximum atomic E-state index is 9.98. The Hall–Kier alpha value is -2.91. The van der Waals surface area contributed by atoms with Crippen molar-refractivity contribution in [2.75, 3.05) is 5.73 Å². The topological polar surface area (TPSA) is 89.8 Å². The maximum Gasteiger partial charge on any atom is 0.142 e. The Morgan fingerprint density at radius 2 is 2.13 bits per heavy atom. The molecule has 0 aromatic carbocycles. The lowest BCUT2D eigenvalue weighted by Gasteiger charge is -2.11. The Kier molecular flexibility index (Phi) is 3.72. The van der Waals surface area contributed by atoms with Crippen LogP contribution in [0.25, 0.3) is 16.7 Å². The third kappa shape index (κ3) is 3.15. The standard InChI is InChI=1S/C17H17N5O/c1-3-17(2,23)6-4-13-8-14-12(10-19-13)5-7-22(14)16-9-15(18)20-11-21-16/h5,7-11,23H,3H2,1-2H3,(H2,18,20,21)/t17-/m0/s1. The monoisotopic (exact) mass is 307 g/mol. The molecule has 0 fully saturated rings. The van der Waals surface area contributed by atoms with Gasteiger partial charge in [-0.15, -0.1) is 0 Å². The van der Waals surface area contributed by atoms with Crippen LogP contribution < -0.4 is 5.73 Å². The number of fused-ring (bicyclic) bond motifs is 1. The molecule has 3 N–H and O–H groups in total. The van der Waals surface area contributed by atoms with E-state index >= 15 is 0 Å². The van der Waals surface area contributed by atoms with Crippen LogP contribution in [0.2, 0.25) is 0 Å². The lowest BCUT2D eigenvalue weighted by molar-refractivity contribution is 0.118. The van der Waals surface area contributed by atoms with E-state index in [0.717, 1.165) is 10.9 Å². The first kappa shape index (κ1) is 15.0. The molecule has 1 atom stereocenters. The third-order valence-electron chi connectivity index (χ3n) is 3.64. The number of pyridine rings is 1. The Morgan fingerprint density at radius 3 is 2.87 bits per heavy atom. The van der Waals surface area contributed by atoms with Gasteiger partial charge >= 0.3 is 0 Å². The van der Waals surface area contributed by atoms with Crippen molar-refractivity contribution in [3.8, 4) is 17.7 Å². The molecule has 0 saturated carbocycles. The molecule has 3 aromatic rings. The summed E-state index contributed by atoms with van der Waals surface area (Å²) in [4.78, 5) is 12.5. The summed E-state index contributed by atoms with van der Waals surface area (Å²) in [6.45, 7) is 3.57. The number of nitrogen functional groups attached to an aromatic ring is 1. The van der Waals surface area contributed by atoms with E-state index in [1.807, 2.05) is 29.8 Å². The van der Waals surface area contributed by atoms with E-state index in [0.29, 0.717) is 23.8 Å². The van der Waals surface area contributed by atoms with Gasteiger partial charge in [-0.1, -0.05) is 12.8 Å². The molecule has 0 unspecified atom stereocenters. The molecule has 0 saturated heterocycles. The number of anilines is 1. The summed E-state index contributed by atoms with van der Waals surface area (Å²) in [5.41, 5.74) is 6.21. The van der Waals surface area contributed by atoms with Gasteiger partial charge < -0.3 is 15.4 Å². The van der Waals surface area contributed by atoms with Gasteiger partial charge in [0.2, 0.25) is 0 Å². The summed E-state index contributed by atoms with van der Waals surface area (Å²) in [6.07, 6.45) is 5.63. The zero-order valence-electron chi connectivity index (χ0n) is 13.0. The average molecular weight is 307 g/mol. The molecule has 23 heavy (non-hydrogen) atoms. The summed E-state index contributed by atoms with van der Waals surface area (Å²) < 4.78 is 1.90. The Morgan fingerprint density at radius 1 is 1.30 bits per heavy atom. The maximum absolute atomic E-state index is 9.98. The predicted molar refractivity (Wildman–Crippen MR) is 88.9 cm³/mol. The molecule has 6 nitrogen and oxygen atoms in total. The first-order valence-corrected chi connectivity index (χ1v) is 7.29. The highest BCUT2D eigenvalue weighted by atomic mass is 16.3. The Labute approximate surface area is 134 Å². The van der Waals surface area contributed by atoms with Crippen LogP contribution in [0, 0.1) is 11.8 Å². The van der Waals surface area contributed by atoms with Gasteiger partial charge in [0.05, 0.1) is 5.52 Å². The molecule has 0 spiro atoms. The van der Waals surface area contributed by atoms with Gasteiger partial charge in [0.25, 0.3) is 0 Å². The van der Waals surface area contributed by atoms with Gasteiger partial charge in [0.15, 0.2) is 0 Å². The number of aliphatic hydroxyl groups is 1. The second-order valence-corrected chi connectivity index (χ2v) is 5.49. The molecule has 116 valence electrons. The second kappa shape index (κ2) is 5.71.